The molecule has 0 N–H and O–H groups in total. The summed E-state index contributed by atoms with van der Waals surface area (Å²) < 4.78 is 49.6. The lowest BCUT2D eigenvalue weighted by atomic mass is 10.1. The number of carbonyl (C=O) groups is 1. The largest absolute Gasteiger partial charge is 0.493 e. The smallest absolute Gasteiger partial charge is 0.311 e. The van der Waals surface area contributed by atoms with Crippen LogP contribution in [0.1, 0.15) is 18.4 Å². The summed E-state index contributed by atoms with van der Waals surface area (Å²) in [5.41, 5.74) is 0.0222. The molecule has 0 saturated heterocycles. The van der Waals surface area contributed by atoms with Crippen LogP contribution in [0.3, 0.4) is 0 Å². The number of aryl methyl sites for hydroxylation is 1. The Labute approximate surface area is 131 Å². The Morgan fingerprint density at radius 2 is 1.65 bits per heavy atom. The molecule has 0 aromatic heterocycles. The summed E-state index contributed by atoms with van der Waals surface area (Å²) in [6.45, 7) is 0. The molecule has 0 spiro atoms. The maximum absolute atomic E-state index is 13.5. The highest BCUT2D eigenvalue weighted by Crippen LogP contribution is 2.26. The minimum Gasteiger partial charge on any atom is -0.493 e. The molecule has 0 aliphatic heterocycles. The number of rotatable bonds is 6. The highest BCUT2D eigenvalue weighted by Gasteiger charge is 2.12. The summed E-state index contributed by atoms with van der Waals surface area (Å²) in [4.78, 5) is 11.8. The van der Waals surface area contributed by atoms with E-state index in [4.69, 9.17) is 9.47 Å². The molecular formula is C17H15F3O3. The molecular weight excluding hydrogens is 309 g/mol. The molecule has 0 saturated carbocycles. The first-order chi connectivity index (χ1) is 11.0. The molecule has 0 atom stereocenters. The van der Waals surface area contributed by atoms with E-state index in [9.17, 15) is 18.0 Å². The molecule has 2 aromatic rings. The third kappa shape index (κ3) is 4.48. The van der Waals surface area contributed by atoms with Crippen molar-refractivity contribution < 1.29 is 27.4 Å². The first-order valence-corrected chi connectivity index (χ1v) is 6.98. The van der Waals surface area contributed by atoms with Crippen LogP contribution in [0, 0.1) is 17.5 Å². The van der Waals surface area contributed by atoms with E-state index >= 15 is 0 Å². The zero-order valence-corrected chi connectivity index (χ0v) is 12.4. The van der Waals surface area contributed by atoms with Crippen molar-refractivity contribution in [1.82, 2.24) is 0 Å². The summed E-state index contributed by atoms with van der Waals surface area (Å²) in [5.74, 6) is -2.98. The van der Waals surface area contributed by atoms with Gasteiger partial charge < -0.3 is 9.47 Å². The Hall–Kier alpha value is -2.50. The number of esters is 1. The van der Waals surface area contributed by atoms with Crippen LogP contribution in [0.15, 0.2) is 36.4 Å². The van der Waals surface area contributed by atoms with Crippen LogP contribution >= 0.6 is 0 Å². The van der Waals surface area contributed by atoms with Crippen LogP contribution in [0.2, 0.25) is 0 Å². The quantitative estimate of drug-likeness (QED) is 0.457. The van der Waals surface area contributed by atoms with Crippen molar-refractivity contribution in [3.8, 4) is 11.5 Å². The molecule has 0 aliphatic carbocycles. The molecule has 122 valence electrons. The van der Waals surface area contributed by atoms with E-state index in [1.165, 1.54) is 7.11 Å². The number of benzene rings is 2. The molecule has 0 amide bonds. The molecule has 2 rings (SSSR count). The second-order valence-corrected chi connectivity index (χ2v) is 4.84. The second-order valence-electron chi connectivity index (χ2n) is 4.84. The molecule has 2 aromatic carbocycles. The molecule has 0 unspecified atom stereocenters. The van der Waals surface area contributed by atoms with Gasteiger partial charge in [-0.1, -0.05) is 12.1 Å². The minimum absolute atomic E-state index is 0.0104. The first-order valence-electron chi connectivity index (χ1n) is 6.98. The average Bonchev–Trinajstić information content (AvgIpc) is 2.52. The van der Waals surface area contributed by atoms with Crippen molar-refractivity contribution in [3.05, 3.63) is 59.4 Å². The van der Waals surface area contributed by atoms with Gasteiger partial charge in [0.2, 0.25) is 0 Å². The monoisotopic (exact) mass is 324 g/mol. The van der Waals surface area contributed by atoms with Gasteiger partial charge in [-0.2, -0.15) is 0 Å². The Balaban J connectivity index is 1.89. The first kappa shape index (κ1) is 16.9. The van der Waals surface area contributed by atoms with Crippen LogP contribution in [0.5, 0.6) is 11.5 Å². The molecule has 6 heteroatoms. The highest BCUT2D eigenvalue weighted by molar-refractivity contribution is 5.73. The Morgan fingerprint density at radius 3 is 2.35 bits per heavy atom. The number of halogens is 3. The Kier molecular flexibility index (Phi) is 5.62. The number of hydrogen-bond donors (Lipinski definition) is 0. The standard InChI is InChI=1S/C17H15F3O3/c1-22-15-6-2-3-7-16(15)23-17(21)8-4-5-11-9-13(19)14(20)10-12(11)18/h2-3,6-7,9-10H,4-5,8H2,1H3. The highest BCUT2D eigenvalue weighted by atomic mass is 19.2. The molecule has 0 bridgehead atoms. The van der Waals surface area contributed by atoms with Crippen molar-refractivity contribution in [2.45, 2.75) is 19.3 Å². The molecule has 0 heterocycles. The lowest BCUT2D eigenvalue weighted by Gasteiger charge is -2.09. The number of hydrogen-bond acceptors (Lipinski definition) is 3. The maximum Gasteiger partial charge on any atom is 0.311 e. The van der Waals surface area contributed by atoms with E-state index in [1.807, 2.05) is 0 Å². The lowest BCUT2D eigenvalue weighted by Crippen LogP contribution is -2.09. The molecule has 23 heavy (non-hydrogen) atoms. The number of carbonyl (C=O) groups excluding carboxylic acids is 1. The van der Waals surface area contributed by atoms with Gasteiger partial charge >= 0.3 is 5.97 Å². The number of ether oxygens (including phenoxy) is 2. The SMILES string of the molecule is COc1ccccc1OC(=O)CCCc1cc(F)c(F)cc1F. The van der Waals surface area contributed by atoms with Gasteiger partial charge in [0.25, 0.3) is 0 Å². The van der Waals surface area contributed by atoms with Gasteiger partial charge in [0.15, 0.2) is 23.1 Å². The van der Waals surface area contributed by atoms with Crippen molar-refractivity contribution in [2.75, 3.05) is 7.11 Å². The third-order valence-electron chi connectivity index (χ3n) is 3.21. The van der Waals surface area contributed by atoms with Crippen molar-refractivity contribution in [1.29, 1.82) is 0 Å². The summed E-state index contributed by atoms with van der Waals surface area (Å²) in [6.07, 6.45) is 0.358. The topological polar surface area (TPSA) is 35.5 Å². The fourth-order valence-corrected chi connectivity index (χ4v) is 2.06. The number of methoxy groups -OCH3 is 1. The summed E-state index contributed by atoms with van der Waals surface area (Å²) in [7, 11) is 1.46. The van der Waals surface area contributed by atoms with E-state index < -0.39 is 23.4 Å². The maximum atomic E-state index is 13.5. The Morgan fingerprint density at radius 1 is 1.00 bits per heavy atom. The van der Waals surface area contributed by atoms with Crippen molar-refractivity contribution in [3.63, 3.8) is 0 Å². The van der Waals surface area contributed by atoms with E-state index in [1.54, 1.807) is 24.3 Å². The number of para-hydroxylation sites is 2. The van der Waals surface area contributed by atoms with Gasteiger partial charge in [0.1, 0.15) is 5.82 Å². The van der Waals surface area contributed by atoms with Crippen LogP contribution in [-0.2, 0) is 11.2 Å². The van der Waals surface area contributed by atoms with Gasteiger partial charge in [0.05, 0.1) is 7.11 Å². The predicted octanol–water partition coefficient (Wildman–Crippen LogP) is 4.04. The predicted molar refractivity (Wildman–Crippen MR) is 77.9 cm³/mol. The molecule has 0 aliphatic rings. The second kappa shape index (κ2) is 7.67. The van der Waals surface area contributed by atoms with E-state index in [0.29, 0.717) is 17.6 Å². The zero-order valence-electron chi connectivity index (χ0n) is 12.4. The average molecular weight is 324 g/mol. The van der Waals surface area contributed by atoms with Crippen molar-refractivity contribution in [2.24, 2.45) is 0 Å². The lowest BCUT2D eigenvalue weighted by molar-refractivity contribution is -0.134. The van der Waals surface area contributed by atoms with Gasteiger partial charge in [0, 0.05) is 12.5 Å². The normalized spacial score (nSPS) is 10.4. The van der Waals surface area contributed by atoms with Gasteiger partial charge in [-0.25, -0.2) is 13.2 Å². The van der Waals surface area contributed by atoms with Crippen LogP contribution in [0.4, 0.5) is 13.2 Å². The fourth-order valence-electron chi connectivity index (χ4n) is 2.06. The minimum atomic E-state index is -1.23. The van der Waals surface area contributed by atoms with Crippen LogP contribution in [-0.4, -0.2) is 13.1 Å². The fraction of sp³-hybridized carbons (Fsp3) is 0.235. The van der Waals surface area contributed by atoms with Crippen LogP contribution in [0.25, 0.3) is 0 Å². The van der Waals surface area contributed by atoms with E-state index in [2.05, 4.69) is 0 Å². The molecule has 3 nitrogen and oxygen atoms in total. The van der Waals surface area contributed by atoms with Gasteiger partial charge in [-0.3, -0.25) is 4.79 Å². The van der Waals surface area contributed by atoms with Gasteiger partial charge in [-0.15, -0.1) is 0 Å². The molecule has 0 radical (unpaired) electrons. The van der Waals surface area contributed by atoms with E-state index in [0.717, 1.165) is 6.07 Å². The summed E-state index contributed by atoms with van der Waals surface area (Å²) in [5, 5.41) is 0. The van der Waals surface area contributed by atoms with E-state index in [-0.39, 0.29) is 24.8 Å². The Bertz CT molecular complexity index is 701. The van der Waals surface area contributed by atoms with Crippen molar-refractivity contribution >= 4 is 5.97 Å². The zero-order chi connectivity index (χ0) is 16.8. The summed E-state index contributed by atoms with van der Waals surface area (Å²) >= 11 is 0. The van der Waals surface area contributed by atoms with Crippen LogP contribution < -0.4 is 9.47 Å². The molecule has 0 fully saturated rings. The third-order valence-corrected chi connectivity index (χ3v) is 3.21. The summed E-state index contributed by atoms with van der Waals surface area (Å²) in [6, 6.07) is 7.98. The van der Waals surface area contributed by atoms with Gasteiger partial charge in [-0.05, 0) is 36.6 Å².